The van der Waals surface area contributed by atoms with E-state index >= 15 is 0 Å². The second-order valence-corrected chi connectivity index (χ2v) is 2.59. The molecule has 0 aliphatic rings. The minimum absolute atomic E-state index is 0.0406. The van der Waals surface area contributed by atoms with Gasteiger partial charge in [0, 0.05) is 22.6 Å². The Balaban J connectivity index is 3.72. The zero-order valence-electron chi connectivity index (χ0n) is 6.83. The van der Waals surface area contributed by atoms with E-state index in [-0.39, 0.29) is 6.61 Å². The van der Waals surface area contributed by atoms with Gasteiger partial charge in [-0.05, 0) is 10.9 Å². The fraction of sp³-hybridized carbons (Fsp3) is 0.429. The lowest BCUT2D eigenvalue weighted by molar-refractivity contribution is -0.138. The van der Waals surface area contributed by atoms with Gasteiger partial charge >= 0.3 is 12.1 Å². The lowest BCUT2D eigenvalue weighted by Crippen LogP contribution is -2.38. The molecule has 0 aliphatic carbocycles. The summed E-state index contributed by atoms with van der Waals surface area (Å²) in [5.41, 5.74) is 0. The van der Waals surface area contributed by atoms with E-state index in [1.165, 1.54) is 6.92 Å². The van der Waals surface area contributed by atoms with Gasteiger partial charge in [0.25, 0.3) is 0 Å². The molecule has 2 N–H and O–H groups in total. The molecule has 0 rings (SSSR count). The number of carboxylic acid groups (broad SMARTS) is 1. The van der Waals surface area contributed by atoms with Crippen LogP contribution in [0.15, 0.2) is 0 Å². The quantitative estimate of drug-likeness (QED) is 0.590. The molecule has 1 atom stereocenters. The number of hydrogen-bond donors (Lipinski definition) is 2. The van der Waals surface area contributed by atoms with Crippen molar-refractivity contribution in [2.75, 3.05) is 6.61 Å². The lowest BCUT2D eigenvalue weighted by Gasteiger charge is -2.07. The van der Waals surface area contributed by atoms with Crippen LogP contribution in [0.25, 0.3) is 0 Å². The van der Waals surface area contributed by atoms with Crippen LogP contribution in [0.1, 0.15) is 6.92 Å². The van der Waals surface area contributed by atoms with E-state index < -0.39 is 18.1 Å². The molecule has 0 saturated heterocycles. The molecular weight excluding hydrogens is 289 g/mol. The van der Waals surface area contributed by atoms with Gasteiger partial charge in [-0.25, -0.2) is 4.79 Å². The number of halogens is 1. The summed E-state index contributed by atoms with van der Waals surface area (Å²) in [6, 6.07) is -0.958. The number of carbonyl (C=O) groups is 2. The molecule has 5 nitrogen and oxygen atoms in total. The summed E-state index contributed by atoms with van der Waals surface area (Å²) in [4.78, 5) is 21.0. The maximum absolute atomic E-state index is 10.8. The van der Waals surface area contributed by atoms with Gasteiger partial charge in [0.05, 0.1) is 0 Å². The van der Waals surface area contributed by atoms with Crippen molar-refractivity contribution in [2.45, 2.75) is 13.0 Å². The van der Waals surface area contributed by atoms with Gasteiger partial charge in [0.1, 0.15) is 6.04 Å². The number of ether oxygens (including phenoxy) is 1. The molecule has 0 aromatic rings. The summed E-state index contributed by atoms with van der Waals surface area (Å²) in [5.74, 6) is 1.37. The smallest absolute Gasteiger partial charge is 0.408 e. The van der Waals surface area contributed by atoms with Gasteiger partial charge in [0.2, 0.25) is 0 Å². The number of alkyl carbamates (subject to hydrolysis) is 1. The lowest BCUT2D eigenvalue weighted by atomic mass is 10.4. The van der Waals surface area contributed by atoms with Gasteiger partial charge in [-0.15, -0.1) is 0 Å². The first-order valence-corrected chi connectivity index (χ1v) is 4.40. The normalized spacial score (nSPS) is 10.6. The van der Waals surface area contributed by atoms with Crippen molar-refractivity contribution >= 4 is 34.7 Å². The standard InChI is InChI=1S/C7H8INO4/c1-5(6(10)11)9-7(12)13-4-2-3-8/h5H,4H2,1H3,(H,9,12)(H,10,11)/t5-/m0/s1. The van der Waals surface area contributed by atoms with Crippen LogP contribution in [-0.4, -0.2) is 29.8 Å². The molecule has 0 aromatic heterocycles. The van der Waals surface area contributed by atoms with Crippen molar-refractivity contribution in [3.8, 4) is 9.85 Å². The molecule has 0 aliphatic heterocycles. The second kappa shape index (κ2) is 6.54. The zero-order valence-corrected chi connectivity index (χ0v) is 8.99. The Labute approximate surface area is 89.0 Å². The van der Waals surface area contributed by atoms with E-state index in [2.05, 4.69) is 19.9 Å². The van der Waals surface area contributed by atoms with Crippen molar-refractivity contribution < 1.29 is 19.4 Å². The van der Waals surface area contributed by atoms with E-state index in [4.69, 9.17) is 5.11 Å². The van der Waals surface area contributed by atoms with E-state index in [1.54, 1.807) is 22.6 Å². The van der Waals surface area contributed by atoms with E-state index in [9.17, 15) is 9.59 Å². The Kier molecular flexibility index (Phi) is 6.05. The van der Waals surface area contributed by atoms with Crippen LogP contribution >= 0.6 is 22.6 Å². The van der Waals surface area contributed by atoms with Crippen LogP contribution in [0.3, 0.4) is 0 Å². The average Bonchev–Trinajstić information content (AvgIpc) is 2.04. The molecule has 0 saturated carbocycles. The highest BCUT2D eigenvalue weighted by atomic mass is 127. The van der Waals surface area contributed by atoms with E-state index in [1.807, 2.05) is 0 Å². The Morgan fingerprint density at radius 2 is 2.31 bits per heavy atom. The fourth-order valence-electron chi connectivity index (χ4n) is 0.409. The number of rotatable bonds is 3. The molecule has 0 aromatic carbocycles. The summed E-state index contributed by atoms with van der Waals surface area (Å²) >= 11 is 1.80. The Morgan fingerprint density at radius 3 is 2.77 bits per heavy atom. The first kappa shape index (κ1) is 12.0. The Hall–Kier alpha value is -0.970. The van der Waals surface area contributed by atoms with Crippen LogP contribution in [0.4, 0.5) is 4.79 Å². The third kappa shape index (κ3) is 6.21. The number of amides is 1. The Morgan fingerprint density at radius 1 is 1.69 bits per heavy atom. The molecule has 13 heavy (non-hydrogen) atoms. The van der Waals surface area contributed by atoms with Gasteiger partial charge in [-0.2, -0.15) is 0 Å². The number of hydrogen-bond acceptors (Lipinski definition) is 3. The van der Waals surface area contributed by atoms with Crippen molar-refractivity contribution in [1.82, 2.24) is 5.32 Å². The zero-order chi connectivity index (χ0) is 10.3. The number of nitrogens with one attached hydrogen (secondary N) is 1. The largest absolute Gasteiger partial charge is 0.480 e. The molecule has 6 heteroatoms. The van der Waals surface area contributed by atoms with Crippen LogP contribution in [0.5, 0.6) is 0 Å². The third-order valence-electron chi connectivity index (χ3n) is 1.05. The highest BCUT2D eigenvalue weighted by molar-refractivity contribution is 14.1. The maximum Gasteiger partial charge on any atom is 0.408 e. The molecule has 0 unspecified atom stereocenters. The monoisotopic (exact) mass is 297 g/mol. The molecule has 0 fully saturated rings. The molecule has 0 heterocycles. The molecule has 0 bridgehead atoms. The van der Waals surface area contributed by atoms with Gasteiger partial charge in [-0.3, -0.25) is 4.79 Å². The summed E-state index contributed by atoms with van der Waals surface area (Å²) < 4.78 is 7.01. The summed E-state index contributed by atoms with van der Waals surface area (Å²) in [5, 5.41) is 10.5. The molecule has 0 spiro atoms. The van der Waals surface area contributed by atoms with Gasteiger partial charge in [0.15, 0.2) is 6.61 Å². The summed E-state index contributed by atoms with van der Waals surface area (Å²) in [6.07, 6.45) is -0.783. The molecular formula is C7H8INO4. The van der Waals surface area contributed by atoms with Crippen LogP contribution < -0.4 is 5.32 Å². The maximum atomic E-state index is 10.8. The minimum Gasteiger partial charge on any atom is -0.480 e. The molecule has 1 amide bonds. The summed E-state index contributed by atoms with van der Waals surface area (Å²) in [6.45, 7) is 1.30. The first-order chi connectivity index (χ1) is 6.07. The summed E-state index contributed by atoms with van der Waals surface area (Å²) in [7, 11) is 0. The van der Waals surface area contributed by atoms with Crippen LogP contribution in [0, 0.1) is 9.85 Å². The van der Waals surface area contributed by atoms with Crippen LogP contribution in [0.2, 0.25) is 0 Å². The second-order valence-electron chi connectivity index (χ2n) is 2.05. The van der Waals surface area contributed by atoms with Crippen molar-refractivity contribution in [3.05, 3.63) is 0 Å². The highest BCUT2D eigenvalue weighted by Gasteiger charge is 2.13. The fourth-order valence-corrected chi connectivity index (χ4v) is 0.565. The third-order valence-corrected chi connectivity index (χ3v) is 1.43. The molecule has 72 valence electrons. The van der Waals surface area contributed by atoms with Crippen molar-refractivity contribution in [2.24, 2.45) is 0 Å². The predicted octanol–water partition coefficient (Wildman–Crippen LogP) is 0.582. The molecule has 0 radical (unpaired) electrons. The topological polar surface area (TPSA) is 75.6 Å². The van der Waals surface area contributed by atoms with Crippen LogP contribution in [-0.2, 0) is 9.53 Å². The van der Waals surface area contributed by atoms with E-state index in [0.29, 0.717) is 0 Å². The number of carboxylic acids is 1. The number of aliphatic carboxylic acids is 1. The SMILES string of the molecule is C[C@H](NC(=O)OCC#CI)C(=O)O. The van der Waals surface area contributed by atoms with Gasteiger partial charge in [-0.1, -0.05) is 5.92 Å². The number of carbonyl (C=O) groups excluding carboxylic acids is 1. The van der Waals surface area contributed by atoms with E-state index in [0.717, 1.165) is 0 Å². The minimum atomic E-state index is -1.11. The average molecular weight is 297 g/mol. The van der Waals surface area contributed by atoms with Crippen molar-refractivity contribution in [3.63, 3.8) is 0 Å². The first-order valence-electron chi connectivity index (χ1n) is 3.32. The van der Waals surface area contributed by atoms with Gasteiger partial charge < -0.3 is 15.2 Å². The predicted molar refractivity (Wildman–Crippen MR) is 53.4 cm³/mol. The Bertz CT molecular complexity index is 255. The van der Waals surface area contributed by atoms with Crippen molar-refractivity contribution in [1.29, 1.82) is 0 Å². The highest BCUT2D eigenvalue weighted by Crippen LogP contribution is 1.84.